The van der Waals surface area contributed by atoms with E-state index in [1.165, 1.54) is 59.3 Å². The van der Waals surface area contributed by atoms with Crippen molar-refractivity contribution in [2.75, 3.05) is 4.72 Å². The van der Waals surface area contributed by atoms with Crippen molar-refractivity contribution in [1.82, 2.24) is 19.9 Å². The molecule has 0 saturated carbocycles. The molecule has 0 amide bonds. The molecule has 12 nitrogen and oxygen atoms in total. The number of rotatable bonds is 9. The van der Waals surface area contributed by atoms with Crippen molar-refractivity contribution < 1.29 is 92.2 Å². The van der Waals surface area contributed by atoms with E-state index in [0.29, 0.717) is 38.8 Å². The van der Waals surface area contributed by atoms with Gasteiger partial charge < -0.3 is 19.4 Å². The first kappa shape index (κ1) is 57.3. The summed E-state index contributed by atoms with van der Waals surface area (Å²) in [4.78, 5) is 14.3. The van der Waals surface area contributed by atoms with Crippen molar-refractivity contribution in [1.29, 1.82) is 0 Å². The smallest absolute Gasteiger partial charge is 0.471 e. The molecule has 0 bridgehead atoms. The van der Waals surface area contributed by atoms with E-state index in [9.17, 15) is 82.7 Å². The molecule has 6 aromatic carbocycles. The van der Waals surface area contributed by atoms with Crippen LogP contribution in [0.1, 0.15) is 22.8 Å². The minimum atomic E-state index is -5.67. The SMILES string of the molecule is NS(=O)(=O)c1ccccc1-c1ccc2nc(C#Cc3ccc(OC(C(F)(F)F)C(F)(F)F)cc3)[nH]c2c1.O=S(=O)(Nc1ccccc1-c1ccc2nc(C#Cc3ccc(OC(C(F)(F)F)C(F)(F)F)cc3)[nH]c2c1)C(F)(F)F. The van der Waals surface area contributed by atoms with Gasteiger partial charge in [0.15, 0.2) is 11.6 Å². The van der Waals surface area contributed by atoms with Crippen LogP contribution in [0.3, 0.4) is 0 Å². The van der Waals surface area contributed by atoms with Gasteiger partial charge in [0.25, 0.3) is 12.2 Å². The highest BCUT2D eigenvalue weighted by Crippen LogP contribution is 2.39. The summed E-state index contributed by atoms with van der Waals surface area (Å²) in [7, 11) is -9.63. The number of hydrogen-bond donors (Lipinski definition) is 4. The van der Waals surface area contributed by atoms with Crippen LogP contribution in [0.2, 0.25) is 0 Å². The number of imidazole rings is 2. The molecule has 0 spiro atoms. The van der Waals surface area contributed by atoms with Crippen LogP contribution in [0, 0.1) is 23.7 Å². The fourth-order valence-corrected chi connectivity index (χ4v) is 8.20. The summed E-state index contributed by atoms with van der Waals surface area (Å²) in [5.41, 5.74) is -2.06. The van der Waals surface area contributed by atoms with Crippen LogP contribution in [0.4, 0.5) is 71.5 Å². The molecule has 0 saturated heterocycles. The number of nitrogens with zero attached hydrogens (tertiary/aromatic N) is 2. The first-order valence-corrected chi connectivity index (χ1v) is 24.3. The third-order valence-electron chi connectivity index (χ3n) is 10.3. The van der Waals surface area contributed by atoms with Gasteiger partial charge in [0.05, 0.1) is 32.6 Å². The Bertz CT molecular complexity index is 3820. The average Bonchev–Trinajstić information content (AvgIpc) is 3.98. The van der Waals surface area contributed by atoms with E-state index in [0.717, 1.165) is 42.5 Å². The number of nitrogens with two attached hydrogens (primary N) is 1. The number of hydrogen-bond acceptors (Lipinski definition) is 8. The molecule has 2 aromatic heterocycles. The molecular weight excluding hydrogens is 1120 g/mol. The van der Waals surface area contributed by atoms with Gasteiger partial charge in [0, 0.05) is 22.3 Å². The van der Waals surface area contributed by atoms with Gasteiger partial charge in [0.1, 0.15) is 11.5 Å². The van der Waals surface area contributed by atoms with Crippen LogP contribution in [0.5, 0.6) is 11.5 Å². The zero-order valence-electron chi connectivity index (χ0n) is 38.3. The van der Waals surface area contributed by atoms with Crippen LogP contribution in [-0.4, -0.2) is 79.2 Å². The lowest BCUT2D eigenvalue weighted by Gasteiger charge is -2.23. The van der Waals surface area contributed by atoms with E-state index < -0.39 is 74.0 Å². The average molecular weight is 1150 g/mol. The Labute approximate surface area is 429 Å². The Balaban J connectivity index is 0.000000227. The summed E-state index contributed by atoms with van der Waals surface area (Å²) in [6, 6.07) is 29.5. The summed E-state index contributed by atoms with van der Waals surface area (Å²) in [6.07, 6.45) is -30.5. The topological polar surface area (TPSA) is 182 Å². The molecule has 29 heteroatoms. The Morgan fingerprint density at radius 3 is 1.27 bits per heavy atom. The van der Waals surface area contributed by atoms with Crippen LogP contribution in [0.25, 0.3) is 44.3 Å². The molecule has 408 valence electrons. The Kier molecular flexibility index (Phi) is 15.8. The summed E-state index contributed by atoms with van der Waals surface area (Å²) in [6.45, 7) is 0. The fourth-order valence-electron chi connectivity index (χ4n) is 6.86. The van der Waals surface area contributed by atoms with Gasteiger partial charge >= 0.3 is 40.2 Å². The van der Waals surface area contributed by atoms with Gasteiger partial charge in [-0.3, -0.25) is 4.72 Å². The van der Waals surface area contributed by atoms with E-state index in [1.54, 1.807) is 36.4 Å². The summed E-state index contributed by atoms with van der Waals surface area (Å²) >= 11 is 0. The fraction of sp³-hybridized carbons (Fsp3) is 0.143. The highest BCUT2D eigenvalue weighted by Gasteiger charge is 2.60. The molecule has 0 aliphatic carbocycles. The Morgan fingerprint density at radius 2 is 0.872 bits per heavy atom. The van der Waals surface area contributed by atoms with Gasteiger partial charge in [-0.1, -0.05) is 60.4 Å². The van der Waals surface area contributed by atoms with Crippen molar-refractivity contribution in [2.24, 2.45) is 5.14 Å². The molecule has 8 aromatic rings. The largest absolute Gasteiger partial charge is 0.516 e. The number of aromatic amines is 2. The first-order chi connectivity index (χ1) is 36.2. The molecule has 5 N–H and O–H groups in total. The number of aromatic nitrogens is 4. The maximum atomic E-state index is 12.9. The molecule has 0 atom stereocenters. The standard InChI is InChI=1S/C25H14F9N3O3S.C24H15F6N3O3S/c26-23(27,28)22(24(29,30)31)40-16-9-5-14(6-10-16)7-12-21-35-19-11-8-15(13-20(19)36-21)17-3-1-2-4-18(17)37-41(38,39)25(32,33)34;25-23(26,27)22(24(28,29)30)36-16-9-5-14(6-10-16)7-12-21-32-18-11-8-15(13-19(18)33-21)17-3-1-2-4-20(17)37(31,34)35/h1-6,8-11,13,22,37H,(H,35,36);1-6,8-11,13,22H,(H,32,33)(H2,31,34,35). The molecule has 0 aliphatic heterocycles. The molecule has 0 radical (unpaired) electrons. The third kappa shape index (κ3) is 14.1. The summed E-state index contributed by atoms with van der Waals surface area (Å²) < 4.78 is 247. The number of anilines is 1. The highest BCUT2D eigenvalue weighted by molar-refractivity contribution is 7.93. The van der Waals surface area contributed by atoms with E-state index in [2.05, 4.69) is 53.1 Å². The van der Waals surface area contributed by atoms with Gasteiger partial charge in [-0.25, -0.2) is 23.5 Å². The Hall–Kier alpha value is -8.41. The van der Waals surface area contributed by atoms with Crippen LogP contribution in [0.15, 0.2) is 138 Å². The minimum Gasteiger partial charge on any atom is -0.471 e. The number of primary sulfonamides is 1. The van der Waals surface area contributed by atoms with Crippen LogP contribution < -0.4 is 19.3 Å². The van der Waals surface area contributed by atoms with Crippen molar-refractivity contribution in [3.63, 3.8) is 0 Å². The number of ether oxygens (including phenoxy) is 2. The van der Waals surface area contributed by atoms with Gasteiger partial charge in [-0.2, -0.15) is 74.3 Å². The highest BCUT2D eigenvalue weighted by atomic mass is 32.2. The second-order valence-corrected chi connectivity index (χ2v) is 19.2. The molecule has 0 fully saturated rings. The van der Waals surface area contributed by atoms with E-state index >= 15 is 0 Å². The summed E-state index contributed by atoms with van der Waals surface area (Å²) in [5, 5.41) is 5.30. The zero-order chi connectivity index (χ0) is 57.2. The number of alkyl halides is 15. The lowest BCUT2D eigenvalue weighted by atomic mass is 10.0. The quantitative estimate of drug-likeness (QED) is 0.0813. The number of sulfonamides is 2. The maximum absolute atomic E-state index is 12.9. The van der Waals surface area contributed by atoms with Crippen molar-refractivity contribution in [3.8, 4) is 57.4 Å². The Morgan fingerprint density at radius 1 is 0.487 bits per heavy atom. The van der Waals surface area contributed by atoms with Crippen molar-refractivity contribution in [3.05, 3.63) is 156 Å². The molecule has 2 heterocycles. The molecule has 78 heavy (non-hydrogen) atoms. The number of benzene rings is 6. The van der Waals surface area contributed by atoms with Gasteiger partial charge in [0.2, 0.25) is 10.0 Å². The van der Waals surface area contributed by atoms with Crippen molar-refractivity contribution in [2.45, 2.75) is 47.3 Å². The minimum absolute atomic E-state index is 0.0434. The second kappa shape index (κ2) is 21.5. The van der Waals surface area contributed by atoms with E-state index in [4.69, 9.17) is 5.14 Å². The zero-order valence-corrected chi connectivity index (χ0v) is 39.9. The normalized spacial score (nSPS) is 12.6. The second-order valence-electron chi connectivity index (χ2n) is 16.0. The third-order valence-corrected chi connectivity index (χ3v) is 12.4. The lowest BCUT2D eigenvalue weighted by molar-refractivity contribution is -0.300. The lowest BCUT2D eigenvalue weighted by Crippen LogP contribution is -2.46. The molecule has 0 unspecified atom stereocenters. The van der Waals surface area contributed by atoms with Crippen molar-refractivity contribution >= 4 is 47.8 Å². The first-order valence-electron chi connectivity index (χ1n) is 21.3. The number of fused-ring (bicyclic) bond motifs is 2. The van der Waals surface area contributed by atoms with Gasteiger partial charge in [-0.05, 0) is 108 Å². The number of para-hydroxylation sites is 1. The summed E-state index contributed by atoms with van der Waals surface area (Å²) in [5.74, 6) is 9.73. The predicted octanol–water partition coefficient (Wildman–Crippen LogP) is 11.9. The molecule has 0 aliphatic rings. The van der Waals surface area contributed by atoms with Crippen LogP contribution >= 0.6 is 0 Å². The maximum Gasteiger partial charge on any atom is 0.516 e. The number of halogens is 15. The predicted molar refractivity (Wildman–Crippen MR) is 251 cm³/mol. The number of H-pyrrole nitrogens is 2. The number of nitrogens with one attached hydrogen (secondary N) is 3. The van der Waals surface area contributed by atoms with Gasteiger partial charge in [-0.15, -0.1) is 0 Å². The molecular formula is C49H29F15N6O6S2. The van der Waals surface area contributed by atoms with E-state index in [1.807, 2.05) is 0 Å². The monoisotopic (exact) mass is 1150 g/mol. The van der Waals surface area contributed by atoms with Crippen LogP contribution in [-0.2, 0) is 20.0 Å². The molecule has 8 rings (SSSR count). The van der Waals surface area contributed by atoms with E-state index in [-0.39, 0.29) is 38.9 Å².